The number of benzene rings is 1. The van der Waals surface area contributed by atoms with E-state index in [1.807, 2.05) is 13.8 Å². The summed E-state index contributed by atoms with van der Waals surface area (Å²) in [6.07, 6.45) is -6.94. The third-order valence-corrected chi connectivity index (χ3v) is 2.38. The zero-order chi connectivity index (χ0) is 16.0. The molecule has 0 spiro atoms. The zero-order valence-corrected chi connectivity index (χ0v) is 11.4. The Morgan fingerprint density at radius 3 is 2.33 bits per heavy atom. The first-order chi connectivity index (χ1) is 9.86. The summed E-state index contributed by atoms with van der Waals surface area (Å²) >= 11 is 0. The van der Waals surface area contributed by atoms with Crippen LogP contribution >= 0.6 is 0 Å². The van der Waals surface area contributed by atoms with Crippen LogP contribution in [0.25, 0.3) is 0 Å². The van der Waals surface area contributed by atoms with Gasteiger partial charge in [-0.25, -0.2) is 15.3 Å². The number of nitrogens with one attached hydrogen (secondary N) is 1. The number of hydrogen-bond donors (Lipinski definition) is 2. The summed E-state index contributed by atoms with van der Waals surface area (Å²) in [6, 6.07) is 5.97. The van der Waals surface area contributed by atoms with Gasteiger partial charge in [-0.05, 0) is 5.56 Å². The standard InChI is InChI=1S/C11H9F3N2O3.C2H6/c12-11(13,14)10-15-9(16-19-10)7-3-1-6(2-4-7)5-8(17)18;1-2/h1-4,10H,5H2,(H,15,16)(H,17,18);1-2H3. The van der Waals surface area contributed by atoms with Crippen LogP contribution in [0.2, 0.25) is 0 Å². The number of nitrogens with zero attached hydrogens (tertiary/aromatic N) is 1. The van der Waals surface area contributed by atoms with E-state index in [4.69, 9.17) is 5.11 Å². The second-order valence-electron chi connectivity index (χ2n) is 3.86. The predicted molar refractivity (Wildman–Crippen MR) is 69.7 cm³/mol. The topological polar surface area (TPSA) is 70.9 Å². The van der Waals surface area contributed by atoms with E-state index in [2.05, 4.69) is 15.3 Å². The van der Waals surface area contributed by atoms with Crippen LogP contribution in [0.1, 0.15) is 25.0 Å². The van der Waals surface area contributed by atoms with Crippen molar-refractivity contribution in [1.82, 2.24) is 5.48 Å². The maximum absolute atomic E-state index is 12.3. The minimum Gasteiger partial charge on any atom is -0.481 e. The maximum Gasteiger partial charge on any atom is 0.437 e. The van der Waals surface area contributed by atoms with Gasteiger partial charge in [0, 0.05) is 5.56 Å². The Bertz CT molecular complexity index is 512. The number of halogens is 3. The molecule has 0 aromatic heterocycles. The van der Waals surface area contributed by atoms with Crippen molar-refractivity contribution >= 4 is 11.8 Å². The first-order valence-corrected chi connectivity index (χ1v) is 6.23. The van der Waals surface area contributed by atoms with Gasteiger partial charge < -0.3 is 5.11 Å². The Morgan fingerprint density at radius 2 is 1.90 bits per heavy atom. The van der Waals surface area contributed by atoms with Crippen molar-refractivity contribution in [3.63, 3.8) is 0 Å². The van der Waals surface area contributed by atoms with Gasteiger partial charge >= 0.3 is 12.1 Å². The summed E-state index contributed by atoms with van der Waals surface area (Å²) in [6.45, 7) is 4.00. The van der Waals surface area contributed by atoms with E-state index in [0.717, 1.165) is 0 Å². The van der Waals surface area contributed by atoms with E-state index in [1.165, 1.54) is 24.3 Å². The van der Waals surface area contributed by atoms with Gasteiger partial charge in [-0.15, -0.1) is 0 Å². The molecule has 116 valence electrons. The van der Waals surface area contributed by atoms with Gasteiger partial charge in [-0.3, -0.25) is 4.79 Å². The number of amidine groups is 1. The Hall–Kier alpha value is -2.09. The van der Waals surface area contributed by atoms with E-state index in [0.29, 0.717) is 11.1 Å². The van der Waals surface area contributed by atoms with Crippen molar-refractivity contribution in [2.75, 3.05) is 0 Å². The largest absolute Gasteiger partial charge is 0.481 e. The molecule has 0 aliphatic carbocycles. The van der Waals surface area contributed by atoms with Crippen molar-refractivity contribution in [3.05, 3.63) is 35.4 Å². The highest BCUT2D eigenvalue weighted by atomic mass is 19.4. The summed E-state index contributed by atoms with van der Waals surface area (Å²) in [5.41, 5.74) is 3.04. The van der Waals surface area contributed by atoms with Crippen molar-refractivity contribution in [1.29, 1.82) is 0 Å². The Kier molecular flexibility index (Phi) is 5.71. The van der Waals surface area contributed by atoms with Crippen LogP contribution in [0.5, 0.6) is 0 Å². The highest BCUT2D eigenvalue weighted by Crippen LogP contribution is 2.26. The number of carbonyl (C=O) groups is 1. The zero-order valence-electron chi connectivity index (χ0n) is 11.4. The summed E-state index contributed by atoms with van der Waals surface area (Å²) in [7, 11) is 0. The molecule has 1 aliphatic rings. The summed E-state index contributed by atoms with van der Waals surface area (Å²) in [5.74, 6) is -1.02. The number of hydroxylamine groups is 1. The molecule has 1 unspecified atom stereocenters. The Labute approximate surface area is 119 Å². The fourth-order valence-corrected chi connectivity index (χ4v) is 1.51. The van der Waals surface area contributed by atoms with Crippen LogP contribution in [0.15, 0.2) is 29.3 Å². The number of carboxylic acids is 1. The summed E-state index contributed by atoms with van der Waals surface area (Å²) < 4.78 is 37.0. The molecule has 0 fully saturated rings. The van der Waals surface area contributed by atoms with Crippen LogP contribution in [-0.4, -0.2) is 29.3 Å². The summed E-state index contributed by atoms with van der Waals surface area (Å²) in [5, 5.41) is 8.59. The minimum atomic E-state index is -4.57. The van der Waals surface area contributed by atoms with Gasteiger partial charge in [0.15, 0.2) is 5.84 Å². The van der Waals surface area contributed by atoms with Gasteiger partial charge in [0.05, 0.1) is 6.42 Å². The van der Waals surface area contributed by atoms with Crippen LogP contribution in [0.3, 0.4) is 0 Å². The van der Waals surface area contributed by atoms with Crippen LogP contribution < -0.4 is 5.48 Å². The van der Waals surface area contributed by atoms with Crippen molar-refractivity contribution < 1.29 is 27.9 Å². The molecular formula is C13H15F3N2O3. The average molecular weight is 304 g/mol. The third kappa shape index (κ3) is 4.75. The molecule has 1 aromatic rings. The lowest BCUT2D eigenvalue weighted by atomic mass is 10.1. The number of aliphatic carboxylic acids is 1. The quantitative estimate of drug-likeness (QED) is 0.900. The number of rotatable bonds is 3. The molecule has 0 radical (unpaired) electrons. The smallest absolute Gasteiger partial charge is 0.437 e. The van der Waals surface area contributed by atoms with Crippen molar-refractivity contribution in [2.45, 2.75) is 32.7 Å². The van der Waals surface area contributed by atoms with Gasteiger partial charge in [-0.2, -0.15) is 13.2 Å². The highest BCUT2D eigenvalue weighted by molar-refractivity contribution is 5.98. The minimum absolute atomic E-state index is 0.0378. The Morgan fingerprint density at radius 1 is 1.33 bits per heavy atom. The molecule has 2 N–H and O–H groups in total. The average Bonchev–Trinajstić information content (AvgIpc) is 2.91. The predicted octanol–water partition coefficient (Wildman–Crippen LogP) is 2.51. The summed E-state index contributed by atoms with van der Waals surface area (Å²) in [4.78, 5) is 18.2. The molecule has 0 saturated carbocycles. The van der Waals surface area contributed by atoms with E-state index in [-0.39, 0.29) is 12.3 Å². The van der Waals surface area contributed by atoms with E-state index in [1.54, 1.807) is 0 Å². The number of hydrogen-bond acceptors (Lipinski definition) is 4. The molecule has 1 aliphatic heterocycles. The molecule has 5 nitrogen and oxygen atoms in total. The van der Waals surface area contributed by atoms with E-state index < -0.39 is 18.4 Å². The number of alkyl halides is 3. The monoisotopic (exact) mass is 304 g/mol. The fourth-order valence-electron chi connectivity index (χ4n) is 1.51. The van der Waals surface area contributed by atoms with Crippen molar-refractivity contribution in [2.24, 2.45) is 4.99 Å². The highest BCUT2D eigenvalue weighted by Gasteiger charge is 2.44. The first-order valence-electron chi connectivity index (χ1n) is 6.23. The molecule has 0 amide bonds. The molecule has 21 heavy (non-hydrogen) atoms. The van der Waals surface area contributed by atoms with Gasteiger partial charge in [0.2, 0.25) is 0 Å². The van der Waals surface area contributed by atoms with E-state index in [9.17, 15) is 18.0 Å². The molecule has 1 atom stereocenters. The first kappa shape index (κ1) is 17.0. The molecule has 0 saturated heterocycles. The second-order valence-corrected chi connectivity index (χ2v) is 3.86. The molecule has 1 aromatic carbocycles. The van der Waals surface area contributed by atoms with Crippen LogP contribution in [0.4, 0.5) is 13.2 Å². The fraction of sp³-hybridized carbons (Fsp3) is 0.385. The van der Waals surface area contributed by atoms with E-state index >= 15 is 0 Å². The van der Waals surface area contributed by atoms with Gasteiger partial charge in [0.1, 0.15) is 0 Å². The Balaban J connectivity index is 0.00000106. The van der Waals surface area contributed by atoms with Crippen LogP contribution in [-0.2, 0) is 16.1 Å². The van der Waals surface area contributed by atoms with Gasteiger partial charge in [-0.1, -0.05) is 38.1 Å². The molecule has 1 heterocycles. The molecule has 8 heteroatoms. The lowest BCUT2D eigenvalue weighted by Crippen LogP contribution is -2.29. The third-order valence-electron chi connectivity index (χ3n) is 2.38. The normalized spacial score (nSPS) is 17.4. The lowest BCUT2D eigenvalue weighted by Gasteiger charge is -2.08. The van der Waals surface area contributed by atoms with Gasteiger partial charge in [0.25, 0.3) is 6.23 Å². The number of carboxylic acid groups (broad SMARTS) is 1. The van der Waals surface area contributed by atoms with Crippen LogP contribution in [0, 0.1) is 0 Å². The lowest BCUT2D eigenvalue weighted by molar-refractivity contribution is -0.220. The van der Waals surface area contributed by atoms with Crippen molar-refractivity contribution in [3.8, 4) is 0 Å². The molecular weight excluding hydrogens is 289 g/mol. The second kappa shape index (κ2) is 7.07. The maximum atomic E-state index is 12.3. The molecule has 2 rings (SSSR count). The SMILES string of the molecule is CC.O=C(O)Cc1ccc(C2=NC(C(F)(F)F)ON2)cc1. The number of aliphatic imine (C=N–C) groups is 1. The molecule has 0 bridgehead atoms.